The van der Waals surface area contributed by atoms with Gasteiger partial charge in [0.1, 0.15) is 0 Å². The fraction of sp³-hybridized carbons (Fsp3) is 0.727. The summed E-state index contributed by atoms with van der Waals surface area (Å²) >= 11 is 0. The van der Waals surface area contributed by atoms with E-state index in [0.29, 0.717) is 5.92 Å². The molecule has 0 spiro atoms. The van der Waals surface area contributed by atoms with Crippen LogP contribution >= 0.6 is 0 Å². The third-order valence-corrected chi connectivity index (χ3v) is 2.66. The van der Waals surface area contributed by atoms with Crippen molar-refractivity contribution in [1.29, 1.82) is 0 Å². The number of carboxylic acid groups (broad SMARTS) is 1. The van der Waals surface area contributed by atoms with Crippen molar-refractivity contribution < 1.29 is 9.90 Å². The Morgan fingerprint density at radius 3 is 2.15 bits per heavy atom. The van der Waals surface area contributed by atoms with Gasteiger partial charge in [0.25, 0.3) is 0 Å². The van der Waals surface area contributed by atoms with Gasteiger partial charge < -0.3 is 5.11 Å². The number of rotatable bonds is 2. The lowest BCUT2D eigenvalue weighted by Gasteiger charge is -2.15. The molecule has 0 heterocycles. The molecule has 1 saturated carbocycles. The van der Waals surface area contributed by atoms with E-state index in [0.717, 1.165) is 0 Å². The zero-order chi connectivity index (χ0) is 9.52. The number of allylic oxidation sites excluding steroid dienone is 1. The lowest BCUT2D eigenvalue weighted by molar-refractivity contribution is -0.131. The topological polar surface area (TPSA) is 37.3 Å². The van der Waals surface area contributed by atoms with Gasteiger partial charge in [-0.2, -0.15) is 0 Å². The Labute approximate surface area is 79.6 Å². The summed E-state index contributed by atoms with van der Waals surface area (Å²) in [5, 5.41) is 8.48. The first kappa shape index (κ1) is 10.3. The van der Waals surface area contributed by atoms with Crippen LogP contribution in [0.4, 0.5) is 0 Å². The quantitative estimate of drug-likeness (QED) is 0.666. The fourth-order valence-corrected chi connectivity index (χ4v) is 1.90. The highest BCUT2D eigenvalue weighted by molar-refractivity contribution is 5.79. The van der Waals surface area contributed by atoms with E-state index in [4.69, 9.17) is 5.11 Å². The normalized spacial score (nSPS) is 21.2. The summed E-state index contributed by atoms with van der Waals surface area (Å²) < 4.78 is 0. The molecule has 0 saturated heterocycles. The Balaban J connectivity index is 2.33. The van der Waals surface area contributed by atoms with Crippen molar-refractivity contribution in [3.63, 3.8) is 0 Å². The average Bonchev–Trinajstić information content (AvgIpc) is 2.01. The molecule has 1 N–H and O–H groups in total. The summed E-state index contributed by atoms with van der Waals surface area (Å²) in [6.07, 6.45) is 12.0. The molecule has 74 valence electrons. The molecular weight excluding hydrogens is 164 g/mol. The maximum atomic E-state index is 10.3. The van der Waals surface area contributed by atoms with Gasteiger partial charge in [-0.15, -0.1) is 0 Å². The summed E-state index contributed by atoms with van der Waals surface area (Å²) in [6.45, 7) is 0. The van der Waals surface area contributed by atoms with Gasteiger partial charge in [-0.25, -0.2) is 4.79 Å². The van der Waals surface area contributed by atoms with Crippen molar-refractivity contribution >= 4 is 5.97 Å². The Morgan fingerprint density at radius 1 is 1.08 bits per heavy atom. The molecule has 0 atom stereocenters. The monoisotopic (exact) mass is 182 g/mol. The third kappa shape index (κ3) is 4.71. The highest BCUT2D eigenvalue weighted by atomic mass is 16.4. The Kier molecular flexibility index (Phi) is 4.58. The molecule has 0 unspecified atom stereocenters. The van der Waals surface area contributed by atoms with E-state index in [1.54, 1.807) is 0 Å². The van der Waals surface area contributed by atoms with E-state index in [1.165, 1.54) is 51.0 Å². The van der Waals surface area contributed by atoms with Crippen LogP contribution in [0.25, 0.3) is 0 Å². The number of hydrogen-bond donors (Lipinski definition) is 1. The molecule has 1 aliphatic carbocycles. The molecule has 1 aliphatic rings. The predicted molar refractivity (Wildman–Crippen MR) is 52.6 cm³/mol. The van der Waals surface area contributed by atoms with E-state index in [1.807, 2.05) is 6.08 Å². The fourth-order valence-electron chi connectivity index (χ4n) is 1.90. The van der Waals surface area contributed by atoms with Crippen molar-refractivity contribution in [2.45, 2.75) is 44.9 Å². The van der Waals surface area contributed by atoms with Gasteiger partial charge in [0.05, 0.1) is 0 Å². The van der Waals surface area contributed by atoms with E-state index >= 15 is 0 Å². The molecule has 1 fully saturated rings. The van der Waals surface area contributed by atoms with Crippen LogP contribution in [0.1, 0.15) is 44.9 Å². The van der Waals surface area contributed by atoms with Crippen molar-refractivity contribution in [2.24, 2.45) is 5.92 Å². The van der Waals surface area contributed by atoms with Gasteiger partial charge in [-0.3, -0.25) is 0 Å². The SMILES string of the molecule is O=C(O)/C=C/C1CCCCCCC1. The van der Waals surface area contributed by atoms with E-state index < -0.39 is 5.97 Å². The van der Waals surface area contributed by atoms with Gasteiger partial charge in [0, 0.05) is 6.08 Å². The summed E-state index contributed by atoms with van der Waals surface area (Å²) in [6, 6.07) is 0. The summed E-state index contributed by atoms with van der Waals surface area (Å²) in [4.78, 5) is 10.3. The molecule has 13 heavy (non-hydrogen) atoms. The molecule has 2 nitrogen and oxygen atoms in total. The minimum absolute atomic E-state index is 0.511. The van der Waals surface area contributed by atoms with Crippen molar-refractivity contribution in [3.8, 4) is 0 Å². The first-order valence-corrected chi connectivity index (χ1v) is 5.20. The van der Waals surface area contributed by atoms with Crippen molar-refractivity contribution in [3.05, 3.63) is 12.2 Å². The molecule has 0 aromatic heterocycles. The molecule has 0 radical (unpaired) electrons. The van der Waals surface area contributed by atoms with Gasteiger partial charge in [-0.05, 0) is 18.8 Å². The second-order valence-electron chi connectivity index (χ2n) is 3.80. The molecule has 1 rings (SSSR count). The molecule has 0 aromatic rings. The minimum Gasteiger partial charge on any atom is -0.478 e. The Bertz CT molecular complexity index is 177. The van der Waals surface area contributed by atoms with Crippen molar-refractivity contribution in [2.75, 3.05) is 0 Å². The number of hydrogen-bond acceptors (Lipinski definition) is 1. The van der Waals surface area contributed by atoms with Crippen LogP contribution in [0, 0.1) is 5.92 Å². The lowest BCUT2D eigenvalue weighted by atomic mass is 9.91. The van der Waals surface area contributed by atoms with Gasteiger partial charge in [0.2, 0.25) is 0 Å². The lowest BCUT2D eigenvalue weighted by Crippen LogP contribution is -2.01. The summed E-state index contributed by atoms with van der Waals surface area (Å²) in [7, 11) is 0. The Morgan fingerprint density at radius 2 is 1.62 bits per heavy atom. The van der Waals surface area contributed by atoms with Crippen LogP contribution in [0.15, 0.2) is 12.2 Å². The van der Waals surface area contributed by atoms with Gasteiger partial charge in [0.15, 0.2) is 0 Å². The average molecular weight is 182 g/mol. The van der Waals surface area contributed by atoms with Crippen LogP contribution in [0.3, 0.4) is 0 Å². The Hall–Kier alpha value is -0.790. The predicted octanol–water partition coefficient (Wildman–Crippen LogP) is 2.99. The van der Waals surface area contributed by atoms with Gasteiger partial charge in [-0.1, -0.05) is 38.2 Å². The smallest absolute Gasteiger partial charge is 0.327 e. The molecule has 0 aliphatic heterocycles. The van der Waals surface area contributed by atoms with Crippen LogP contribution in [-0.2, 0) is 4.79 Å². The number of carbonyl (C=O) groups is 1. The van der Waals surface area contributed by atoms with Crippen LogP contribution in [0.5, 0.6) is 0 Å². The number of aliphatic carboxylic acids is 1. The number of carboxylic acids is 1. The molecule has 0 aromatic carbocycles. The maximum absolute atomic E-state index is 10.3. The minimum atomic E-state index is -0.818. The highest BCUT2D eigenvalue weighted by Gasteiger charge is 2.08. The highest BCUT2D eigenvalue weighted by Crippen LogP contribution is 2.22. The van der Waals surface area contributed by atoms with Crippen LogP contribution < -0.4 is 0 Å². The standard InChI is InChI=1S/C11H18O2/c12-11(13)9-8-10-6-4-2-1-3-5-7-10/h8-10H,1-7H2,(H,12,13)/b9-8+. The van der Waals surface area contributed by atoms with E-state index in [-0.39, 0.29) is 0 Å². The van der Waals surface area contributed by atoms with Crippen LogP contribution in [0.2, 0.25) is 0 Å². The van der Waals surface area contributed by atoms with Crippen LogP contribution in [-0.4, -0.2) is 11.1 Å². The first-order valence-electron chi connectivity index (χ1n) is 5.20. The molecular formula is C11H18O2. The maximum Gasteiger partial charge on any atom is 0.327 e. The largest absolute Gasteiger partial charge is 0.478 e. The summed E-state index contributed by atoms with van der Waals surface area (Å²) in [5.41, 5.74) is 0. The third-order valence-electron chi connectivity index (χ3n) is 2.66. The zero-order valence-corrected chi connectivity index (χ0v) is 8.04. The van der Waals surface area contributed by atoms with Crippen molar-refractivity contribution in [1.82, 2.24) is 0 Å². The second-order valence-corrected chi connectivity index (χ2v) is 3.80. The molecule has 0 amide bonds. The molecule has 0 bridgehead atoms. The van der Waals surface area contributed by atoms with Gasteiger partial charge >= 0.3 is 5.97 Å². The zero-order valence-electron chi connectivity index (χ0n) is 8.04. The van der Waals surface area contributed by atoms with E-state index in [2.05, 4.69) is 0 Å². The van der Waals surface area contributed by atoms with E-state index in [9.17, 15) is 4.79 Å². The second kappa shape index (κ2) is 5.79. The molecule has 2 heteroatoms. The summed E-state index contributed by atoms with van der Waals surface area (Å²) in [5.74, 6) is -0.307. The first-order chi connectivity index (χ1) is 6.29.